The number of methoxy groups -OCH3 is 1. The molecule has 0 aliphatic heterocycles. The average Bonchev–Trinajstić information content (AvgIpc) is 2.53. The highest BCUT2D eigenvalue weighted by atomic mass is 35.5. The molecule has 0 saturated heterocycles. The quantitative estimate of drug-likeness (QED) is 0.562. The Bertz CT molecular complexity index is 985. The summed E-state index contributed by atoms with van der Waals surface area (Å²) in [5.41, 5.74) is 0.350. The Morgan fingerprint density at radius 1 is 1.17 bits per heavy atom. The zero-order valence-electron chi connectivity index (χ0n) is 12.3. The van der Waals surface area contributed by atoms with E-state index in [-0.39, 0.29) is 5.52 Å². The van der Waals surface area contributed by atoms with Gasteiger partial charge < -0.3 is 4.74 Å². The van der Waals surface area contributed by atoms with E-state index < -0.39 is 11.7 Å². The lowest BCUT2D eigenvalue weighted by Crippen LogP contribution is -2.07. The normalized spacial score (nSPS) is 11.7. The minimum atomic E-state index is -4.44. The van der Waals surface area contributed by atoms with Crippen LogP contribution >= 0.6 is 23.8 Å². The van der Waals surface area contributed by atoms with Crippen LogP contribution in [-0.2, 0) is 6.18 Å². The minimum absolute atomic E-state index is 0.167. The molecule has 24 heavy (non-hydrogen) atoms. The molecule has 0 fully saturated rings. The molecular formula is C16H10ClF3N2OS. The Hall–Kier alpha value is -2.12. The van der Waals surface area contributed by atoms with E-state index in [4.69, 9.17) is 28.6 Å². The van der Waals surface area contributed by atoms with Crippen molar-refractivity contribution in [1.29, 1.82) is 0 Å². The number of halogens is 4. The Labute approximate surface area is 145 Å². The molecule has 0 aliphatic carbocycles. The third-order valence-electron chi connectivity index (χ3n) is 3.46. The SMILES string of the molecule is COc1ccc(Cl)cc1-n1c(=S)cnc2cc(C(F)(F)F)ccc21. The first-order chi connectivity index (χ1) is 11.3. The number of rotatable bonds is 2. The van der Waals surface area contributed by atoms with E-state index in [9.17, 15) is 13.2 Å². The first-order valence-corrected chi connectivity index (χ1v) is 7.53. The molecule has 3 aromatic rings. The fourth-order valence-corrected chi connectivity index (χ4v) is 2.80. The summed E-state index contributed by atoms with van der Waals surface area (Å²) >= 11 is 11.3. The van der Waals surface area contributed by atoms with E-state index >= 15 is 0 Å². The molecule has 3 rings (SSSR count). The number of benzene rings is 2. The summed E-state index contributed by atoms with van der Waals surface area (Å²) in [7, 11) is 1.49. The molecule has 124 valence electrons. The molecule has 0 saturated carbocycles. The van der Waals surface area contributed by atoms with Gasteiger partial charge in [-0.2, -0.15) is 13.2 Å². The summed E-state index contributed by atoms with van der Waals surface area (Å²) in [5, 5.41) is 0.449. The average molecular weight is 371 g/mol. The molecule has 2 aromatic carbocycles. The molecule has 0 bridgehead atoms. The van der Waals surface area contributed by atoms with E-state index in [1.807, 2.05) is 0 Å². The van der Waals surface area contributed by atoms with Crippen LogP contribution in [0.2, 0.25) is 5.02 Å². The number of nitrogens with zero attached hydrogens (tertiary/aromatic N) is 2. The van der Waals surface area contributed by atoms with Gasteiger partial charge in [0.15, 0.2) is 0 Å². The maximum absolute atomic E-state index is 12.9. The lowest BCUT2D eigenvalue weighted by atomic mass is 10.1. The largest absolute Gasteiger partial charge is 0.495 e. The molecule has 0 unspecified atom stereocenters. The van der Waals surface area contributed by atoms with Crippen LogP contribution in [0.4, 0.5) is 13.2 Å². The summed E-state index contributed by atoms with van der Waals surface area (Å²) < 4.78 is 45.9. The Balaban J connectivity index is 2.35. The van der Waals surface area contributed by atoms with Gasteiger partial charge in [-0.05, 0) is 36.4 Å². The standard InChI is InChI=1S/C16H10ClF3N2OS/c1-23-14-5-3-10(17)7-13(14)22-12-4-2-9(16(18,19)20)6-11(12)21-8-15(22)24/h2-8H,1H3. The van der Waals surface area contributed by atoms with E-state index in [1.54, 1.807) is 22.8 Å². The molecule has 1 heterocycles. The summed E-state index contributed by atoms with van der Waals surface area (Å²) in [5.74, 6) is 0.489. The molecule has 3 nitrogen and oxygen atoms in total. The number of hydrogen-bond acceptors (Lipinski definition) is 3. The van der Waals surface area contributed by atoms with Gasteiger partial charge in [0.1, 0.15) is 10.4 Å². The molecule has 0 N–H and O–H groups in total. The van der Waals surface area contributed by atoms with Gasteiger partial charge in [0.25, 0.3) is 0 Å². The summed E-state index contributed by atoms with van der Waals surface area (Å²) in [6, 6.07) is 8.26. The lowest BCUT2D eigenvalue weighted by Gasteiger charge is -2.16. The van der Waals surface area contributed by atoms with Crippen LogP contribution < -0.4 is 4.74 Å². The van der Waals surface area contributed by atoms with Crippen molar-refractivity contribution >= 4 is 34.9 Å². The van der Waals surface area contributed by atoms with Crippen molar-refractivity contribution in [2.24, 2.45) is 0 Å². The van der Waals surface area contributed by atoms with Gasteiger partial charge in [0, 0.05) is 5.02 Å². The van der Waals surface area contributed by atoms with Gasteiger partial charge in [-0.15, -0.1) is 0 Å². The second-order valence-electron chi connectivity index (χ2n) is 4.95. The second-order valence-corrected chi connectivity index (χ2v) is 5.80. The number of alkyl halides is 3. The van der Waals surface area contributed by atoms with Gasteiger partial charge >= 0.3 is 6.18 Å². The zero-order chi connectivity index (χ0) is 17.5. The van der Waals surface area contributed by atoms with Gasteiger partial charge in [0.05, 0.1) is 35.6 Å². The fourth-order valence-electron chi connectivity index (χ4n) is 2.38. The van der Waals surface area contributed by atoms with Crippen LogP contribution in [-0.4, -0.2) is 16.7 Å². The minimum Gasteiger partial charge on any atom is -0.495 e. The Morgan fingerprint density at radius 2 is 1.92 bits per heavy atom. The molecule has 0 radical (unpaired) electrons. The van der Waals surface area contributed by atoms with E-state index in [0.717, 1.165) is 12.1 Å². The number of hydrogen-bond donors (Lipinski definition) is 0. The van der Waals surface area contributed by atoms with Crippen molar-refractivity contribution in [3.8, 4) is 11.4 Å². The zero-order valence-corrected chi connectivity index (χ0v) is 13.8. The summed E-state index contributed by atoms with van der Waals surface area (Å²) in [6.07, 6.45) is -3.11. The summed E-state index contributed by atoms with van der Waals surface area (Å²) in [6.45, 7) is 0. The monoisotopic (exact) mass is 370 g/mol. The first kappa shape index (κ1) is 16.7. The van der Waals surface area contributed by atoms with Crippen LogP contribution in [0.15, 0.2) is 42.6 Å². The topological polar surface area (TPSA) is 27.1 Å². The van der Waals surface area contributed by atoms with Crippen LogP contribution in [0.5, 0.6) is 5.75 Å². The van der Waals surface area contributed by atoms with Gasteiger partial charge in [0.2, 0.25) is 0 Å². The van der Waals surface area contributed by atoms with Crippen molar-refractivity contribution < 1.29 is 17.9 Å². The highest BCUT2D eigenvalue weighted by Crippen LogP contribution is 2.33. The predicted molar refractivity (Wildman–Crippen MR) is 88.5 cm³/mol. The van der Waals surface area contributed by atoms with E-state index in [2.05, 4.69) is 4.98 Å². The lowest BCUT2D eigenvalue weighted by molar-refractivity contribution is -0.137. The number of ether oxygens (including phenoxy) is 1. The number of aromatic nitrogens is 2. The maximum Gasteiger partial charge on any atom is 0.416 e. The van der Waals surface area contributed by atoms with Crippen molar-refractivity contribution in [2.45, 2.75) is 6.18 Å². The molecular weight excluding hydrogens is 361 g/mol. The Kier molecular flexibility index (Phi) is 4.23. The molecule has 0 amide bonds. The first-order valence-electron chi connectivity index (χ1n) is 6.74. The molecule has 8 heteroatoms. The van der Waals surface area contributed by atoms with Crippen molar-refractivity contribution in [1.82, 2.24) is 9.55 Å². The van der Waals surface area contributed by atoms with E-state index in [0.29, 0.717) is 26.6 Å². The van der Waals surface area contributed by atoms with Crippen LogP contribution in [0.25, 0.3) is 16.7 Å². The molecule has 0 aliphatic rings. The van der Waals surface area contributed by atoms with Crippen LogP contribution in [0.1, 0.15) is 5.56 Å². The molecule has 0 spiro atoms. The highest BCUT2D eigenvalue weighted by molar-refractivity contribution is 7.71. The maximum atomic E-state index is 12.9. The van der Waals surface area contributed by atoms with Crippen LogP contribution in [0.3, 0.4) is 0 Å². The van der Waals surface area contributed by atoms with Gasteiger partial charge in [-0.25, -0.2) is 0 Å². The highest BCUT2D eigenvalue weighted by Gasteiger charge is 2.30. The predicted octanol–water partition coefficient (Wildman–Crippen LogP) is 5.44. The summed E-state index contributed by atoms with van der Waals surface area (Å²) in [4.78, 5) is 4.02. The Morgan fingerprint density at radius 3 is 2.58 bits per heavy atom. The van der Waals surface area contributed by atoms with Crippen molar-refractivity contribution in [3.05, 3.63) is 57.8 Å². The fraction of sp³-hybridized carbons (Fsp3) is 0.125. The van der Waals surface area contributed by atoms with Gasteiger partial charge in [-0.3, -0.25) is 9.55 Å². The van der Waals surface area contributed by atoms with Crippen molar-refractivity contribution in [2.75, 3.05) is 7.11 Å². The second kappa shape index (κ2) is 6.07. The van der Waals surface area contributed by atoms with Crippen molar-refractivity contribution in [3.63, 3.8) is 0 Å². The number of fused-ring (bicyclic) bond motifs is 1. The van der Waals surface area contributed by atoms with E-state index in [1.165, 1.54) is 19.4 Å². The van der Waals surface area contributed by atoms with Gasteiger partial charge in [-0.1, -0.05) is 23.8 Å². The van der Waals surface area contributed by atoms with Crippen LogP contribution in [0, 0.1) is 4.64 Å². The third-order valence-corrected chi connectivity index (χ3v) is 3.98. The third kappa shape index (κ3) is 2.97. The molecule has 1 aromatic heterocycles. The molecule has 0 atom stereocenters. The smallest absolute Gasteiger partial charge is 0.416 e.